The first-order valence-electron chi connectivity index (χ1n) is 7.67. The average molecular weight is 384 g/mol. The van der Waals surface area contributed by atoms with Gasteiger partial charge in [0.2, 0.25) is 10.0 Å². The standard InChI is InChI=1S/C16H17FN2O4S2/c17-13-4-3-5-16(12-13)25(22,23)18-14-6-8-15(9-7-14)19-10-1-2-11-24(19,20)21/h3-9,12,18H,1-2,10-11H2. The Kier molecular flexibility index (Phi) is 4.70. The SMILES string of the molecule is O=S(=O)(Nc1ccc(N2CCCCS2(=O)=O)cc1)c1cccc(F)c1. The summed E-state index contributed by atoms with van der Waals surface area (Å²) >= 11 is 0. The number of hydrogen-bond acceptors (Lipinski definition) is 4. The normalized spacial score (nSPS) is 17.2. The second-order valence-electron chi connectivity index (χ2n) is 5.70. The molecule has 9 heteroatoms. The van der Waals surface area contributed by atoms with Crippen molar-refractivity contribution in [1.82, 2.24) is 0 Å². The van der Waals surface area contributed by atoms with E-state index < -0.39 is 25.9 Å². The Morgan fingerprint density at radius 2 is 1.76 bits per heavy atom. The van der Waals surface area contributed by atoms with E-state index in [-0.39, 0.29) is 16.3 Å². The highest BCUT2D eigenvalue weighted by Gasteiger charge is 2.26. The molecule has 6 nitrogen and oxygen atoms in total. The number of nitrogens with one attached hydrogen (secondary N) is 1. The summed E-state index contributed by atoms with van der Waals surface area (Å²) in [7, 11) is -7.24. The summed E-state index contributed by atoms with van der Waals surface area (Å²) in [6.45, 7) is 0.413. The second kappa shape index (κ2) is 6.64. The third-order valence-corrected chi connectivity index (χ3v) is 7.11. The van der Waals surface area contributed by atoms with Crippen LogP contribution in [0.25, 0.3) is 0 Å². The molecule has 3 rings (SSSR count). The van der Waals surface area contributed by atoms with Gasteiger partial charge in [0.25, 0.3) is 10.0 Å². The summed E-state index contributed by atoms with van der Waals surface area (Å²) < 4.78 is 65.6. The fourth-order valence-corrected chi connectivity index (χ4v) is 5.35. The average Bonchev–Trinajstić information content (AvgIpc) is 2.55. The molecule has 0 amide bonds. The van der Waals surface area contributed by atoms with Gasteiger partial charge in [0, 0.05) is 12.2 Å². The van der Waals surface area contributed by atoms with Gasteiger partial charge in [-0.2, -0.15) is 0 Å². The fourth-order valence-electron chi connectivity index (χ4n) is 2.62. The molecule has 1 fully saturated rings. The molecule has 0 spiro atoms. The van der Waals surface area contributed by atoms with Gasteiger partial charge in [-0.05, 0) is 55.3 Å². The molecule has 0 bridgehead atoms. The van der Waals surface area contributed by atoms with Crippen LogP contribution in [0.4, 0.5) is 15.8 Å². The molecular weight excluding hydrogens is 367 g/mol. The van der Waals surface area contributed by atoms with Crippen molar-refractivity contribution in [1.29, 1.82) is 0 Å². The molecule has 1 aliphatic rings. The van der Waals surface area contributed by atoms with Crippen molar-refractivity contribution in [3.05, 3.63) is 54.3 Å². The van der Waals surface area contributed by atoms with Gasteiger partial charge in [0.05, 0.1) is 16.3 Å². The third kappa shape index (κ3) is 3.93. The summed E-state index contributed by atoms with van der Waals surface area (Å²) in [6, 6.07) is 10.8. The van der Waals surface area contributed by atoms with E-state index in [1.807, 2.05) is 0 Å². The number of hydrogen-bond donors (Lipinski definition) is 1. The van der Waals surface area contributed by atoms with Crippen molar-refractivity contribution >= 4 is 31.4 Å². The van der Waals surface area contributed by atoms with Crippen LogP contribution in [-0.2, 0) is 20.0 Å². The first-order chi connectivity index (χ1) is 11.8. The number of nitrogens with zero attached hydrogens (tertiary/aromatic N) is 1. The van der Waals surface area contributed by atoms with Crippen molar-refractivity contribution in [2.45, 2.75) is 17.7 Å². The van der Waals surface area contributed by atoms with Crippen LogP contribution in [0.3, 0.4) is 0 Å². The molecular formula is C16H17FN2O4S2. The van der Waals surface area contributed by atoms with Crippen molar-refractivity contribution in [3.63, 3.8) is 0 Å². The van der Waals surface area contributed by atoms with Crippen LogP contribution in [0.2, 0.25) is 0 Å². The lowest BCUT2D eigenvalue weighted by molar-refractivity contribution is 0.574. The molecule has 1 saturated heterocycles. The Morgan fingerprint density at radius 3 is 2.40 bits per heavy atom. The summed E-state index contributed by atoms with van der Waals surface area (Å²) in [5, 5.41) is 0. The van der Waals surface area contributed by atoms with Crippen LogP contribution in [0.5, 0.6) is 0 Å². The summed E-state index contributed by atoms with van der Waals surface area (Å²) in [5.41, 5.74) is 0.760. The fraction of sp³-hybridized carbons (Fsp3) is 0.250. The summed E-state index contributed by atoms with van der Waals surface area (Å²) in [4.78, 5) is -0.185. The lowest BCUT2D eigenvalue weighted by atomic mass is 10.2. The molecule has 0 radical (unpaired) electrons. The number of sulfonamides is 2. The Morgan fingerprint density at radius 1 is 1.04 bits per heavy atom. The number of benzene rings is 2. The van der Waals surface area contributed by atoms with Gasteiger partial charge < -0.3 is 0 Å². The topological polar surface area (TPSA) is 83.6 Å². The second-order valence-corrected chi connectivity index (χ2v) is 9.40. The largest absolute Gasteiger partial charge is 0.280 e. The molecule has 0 unspecified atom stereocenters. The van der Waals surface area contributed by atoms with E-state index in [2.05, 4.69) is 4.72 Å². The zero-order chi connectivity index (χ0) is 18.1. The van der Waals surface area contributed by atoms with Crippen molar-refractivity contribution in [3.8, 4) is 0 Å². The summed E-state index contributed by atoms with van der Waals surface area (Å²) in [6.07, 6.45) is 1.43. The first-order valence-corrected chi connectivity index (χ1v) is 10.8. The van der Waals surface area contributed by atoms with Crippen molar-refractivity contribution < 1.29 is 21.2 Å². The number of rotatable bonds is 4. The van der Waals surface area contributed by atoms with Gasteiger partial charge in [-0.15, -0.1) is 0 Å². The molecule has 2 aromatic rings. The minimum Gasteiger partial charge on any atom is -0.280 e. The first kappa shape index (κ1) is 17.7. The van der Waals surface area contributed by atoms with E-state index in [0.717, 1.165) is 18.6 Å². The molecule has 134 valence electrons. The van der Waals surface area contributed by atoms with Crippen LogP contribution in [0.1, 0.15) is 12.8 Å². The van der Waals surface area contributed by atoms with Gasteiger partial charge in [-0.1, -0.05) is 6.07 Å². The van der Waals surface area contributed by atoms with Crippen LogP contribution < -0.4 is 9.03 Å². The van der Waals surface area contributed by atoms with E-state index in [1.165, 1.54) is 28.6 Å². The quantitative estimate of drug-likeness (QED) is 0.878. The maximum absolute atomic E-state index is 13.2. The highest BCUT2D eigenvalue weighted by atomic mass is 32.2. The number of halogens is 1. The zero-order valence-corrected chi connectivity index (χ0v) is 14.9. The van der Waals surface area contributed by atoms with Gasteiger partial charge in [0.1, 0.15) is 5.82 Å². The minimum absolute atomic E-state index is 0.112. The van der Waals surface area contributed by atoms with Gasteiger partial charge in [-0.3, -0.25) is 9.03 Å². The Hall–Kier alpha value is -2.13. The Bertz CT molecular complexity index is 973. The molecule has 0 atom stereocenters. The molecule has 0 saturated carbocycles. The van der Waals surface area contributed by atoms with Gasteiger partial charge in [-0.25, -0.2) is 21.2 Å². The number of anilines is 2. The third-order valence-electron chi connectivity index (χ3n) is 3.86. The lowest BCUT2D eigenvalue weighted by Crippen LogP contribution is -2.37. The maximum Gasteiger partial charge on any atom is 0.261 e. The zero-order valence-electron chi connectivity index (χ0n) is 13.2. The molecule has 1 aliphatic heterocycles. The maximum atomic E-state index is 13.2. The summed E-state index contributed by atoms with van der Waals surface area (Å²) in [5.74, 6) is -0.533. The van der Waals surface area contributed by atoms with Crippen molar-refractivity contribution in [2.75, 3.05) is 21.3 Å². The Labute approximate surface area is 146 Å². The van der Waals surface area contributed by atoms with Crippen LogP contribution in [-0.4, -0.2) is 29.1 Å². The minimum atomic E-state index is -3.92. The van der Waals surface area contributed by atoms with E-state index in [0.29, 0.717) is 18.7 Å². The van der Waals surface area contributed by atoms with E-state index in [9.17, 15) is 21.2 Å². The Balaban J connectivity index is 1.81. The molecule has 1 heterocycles. The van der Waals surface area contributed by atoms with Gasteiger partial charge in [0.15, 0.2) is 0 Å². The van der Waals surface area contributed by atoms with Gasteiger partial charge >= 0.3 is 0 Å². The lowest BCUT2D eigenvalue weighted by Gasteiger charge is -2.28. The van der Waals surface area contributed by atoms with Crippen LogP contribution in [0.15, 0.2) is 53.4 Å². The highest BCUT2D eigenvalue weighted by molar-refractivity contribution is 7.93. The van der Waals surface area contributed by atoms with E-state index in [1.54, 1.807) is 12.1 Å². The molecule has 0 aliphatic carbocycles. The highest BCUT2D eigenvalue weighted by Crippen LogP contribution is 2.26. The predicted octanol–water partition coefficient (Wildman–Crippen LogP) is 2.56. The van der Waals surface area contributed by atoms with E-state index in [4.69, 9.17) is 0 Å². The molecule has 1 N–H and O–H groups in total. The van der Waals surface area contributed by atoms with Crippen molar-refractivity contribution in [2.24, 2.45) is 0 Å². The van der Waals surface area contributed by atoms with Crippen LogP contribution in [0, 0.1) is 5.82 Å². The molecule has 0 aromatic heterocycles. The molecule has 25 heavy (non-hydrogen) atoms. The molecule has 2 aromatic carbocycles. The monoisotopic (exact) mass is 384 g/mol. The van der Waals surface area contributed by atoms with E-state index >= 15 is 0 Å². The predicted molar refractivity (Wildman–Crippen MR) is 94.0 cm³/mol. The smallest absolute Gasteiger partial charge is 0.261 e. The van der Waals surface area contributed by atoms with Crippen LogP contribution >= 0.6 is 0 Å².